The van der Waals surface area contributed by atoms with Crippen molar-refractivity contribution in [1.29, 1.82) is 0 Å². The summed E-state index contributed by atoms with van der Waals surface area (Å²) in [5.41, 5.74) is 3.00. The third kappa shape index (κ3) is 7.42. The number of aliphatic carboxylic acids is 1. The summed E-state index contributed by atoms with van der Waals surface area (Å²) in [7, 11) is 0. The summed E-state index contributed by atoms with van der Waals surface area (Å²) < 4.78 is 111. The number of carbonyl (C=O) groups is 1. The molecule has 37 heavy (non-hydrogen) atoms. The molecule has 17 heteroatoms. The number of hydrogen-bond donors (Lipinski definition) is 2. The van der Waals surface area contributed by atoms with Crippen molar-refractivity contribution in [3.63, 3.8) is 0 Å². The molecule has 1 aromatic carbocycles. The Morgan fingerprint density at radius 1 is 1.03 bits per heavy atom. The van der Waals surface area contributed by atoms with Crippen LogP contribution in [0, 0.1) is 5.82 Å². The zero-order chi connectivity index (χ0) is 28.1. The van der Waals surface area contributed by atoms with Gasteiger partial charge in [0.1, 0.15) is 17.8 Å². The van der Waals surface area contributed by atoms with Crippen LogP contribution in [0.5, 0.6) is 0 Å². The fourth-order valence-corrected chi connectivity index (χ4v) is 2.61. The van der Waals surface area contributed by atoms with Gasteiger partial charge in [0.2, 0.25) is 0 Å². The molecule has 3 N–H and O–H groups in total. The Morgan fingerprint density at radius 3 is 2.05 bits per heavy atom. The number of nitrogens with zero attached hydrogens (tertiary/aromatic N) is 4. The lowest BCUT2D eigenvalue weighted by Gasteiger charge is -2.08. The molecule has 0 saturated heterocycles. The van der Waals surface area contributed by atoms with E-state index in [4.69, 9.17) is 15.6 Å². The van der Waals surface area contributed by atoms with E-state index in [1.165, 1.54) is 12.1 Å². The predicted molar refractivity (Wildman–Crippen MR) is 108 cm³/mol. The van der Waals surface area contributed by atoms with Gasteiger partial charge in [0, 0.05) is 23.9 Å². The summed E-state index contributed by atoms with van der Waals surface area (Å²) in [6.45, 7) is -1.03. The predicted octanol–water partition coefficient (Wildman–Crippen LogP) is 4.00. The molecule has 8 nitrogen and oxygen atoms in total. The van der Waals surface area contributed by atoms with Gasteiger partial charge < -0.3 is 10.8 Å². The van der Waals surface area contributed by atoms with E-state index >= 15 is 0 Å². The summed E-state index contributed by atoms with van der Waals surface area (Å²) in [6.07, 6.45) is -9.79. The van der Waals surface area contributed by atoms with Gasteiger partial charge in [0.05, 0.1) is 12.2 Å². The third-order valence-electron chi connectivity index (χ3n) is 4.42. The van der Waals surface area contributed by atoms with Crippen molar-refractivity contribution < 1.29 is 49.4 Å². The van der Waals surface area contributed by atoms with Gasteiger partial charge in [-0.25, -0.2) is 23.2 Å². The second-order valence-corrected chi connectivity index (χ2v) is 6.91. The Hall–Kier alpha value is -4.15. The Balaban J connectivity index is 0.000000604. The van der Waals surface area contributed by atoms with Crippen molar-refractivity contribution in [2.75, 3.05) is 6.54 Å². The van der Waals surface area contributed by atoms with Crippen molar-refractivity contribution in [3.8, 4) is 16.8 Å². The molecule has 0 unspecified atom stereocenters. The number of carboxylic acid groups (broad SMARTS) is 1. The normalized spacial score (nSPS) is 11.5. The highest BCUT2D eigenvalue weighted by atomic mass is 19.4. The van der Waals surface area contributed by atoms with E-state index in [0.29, 0.717) is 4.68 Å². The first kappa shape index (κ1) is 29.1. The minimum absolute atomic E-state index is 0.214. The Kier molecular flexibility index (Phi) is 8.86. The molecule has 2 heterocycles. The number of nitrogens with two attached hydrogens (primary N) is 1. The summed E-state index contributed by atoms with van der Waals surface area (Å²) in [4.78, 5) is 24.6. The Bertz CT molecular complexity index is 1340. The van der Waals surface area contributed by atoms with Gasteiger partial charge in [-0.2, -0.15) is 40.2 Å². The molecule has 0 bridgehead atoms. The molecule has 2 aromatic heterocycles. The quantitative estimate of drug-likeness (QED) is 0.471. The van der Waals surface area contributed by atoms with Crippen molar-refractivity contribution in [2.45, 2.75) is 18.9 Å². The molecule has 200 valence electrons. The van der Waals surface area contributed by atoms with E-state index in [1.807, 2.05) is 0 Å². The zero-order valence-corrected chi connectivity index (χ0v) is 18.0. The summed E-state index contributed by atoms with van der Waals surface area (Å²) >= 11 is 0. The Labute approximate surface area is 200 Å². The van der Waals surface area contributed by atoms with Crippen LogP contribution in [0.15, 0.2) is 59.3 Å². The van der Waals surface area contributed by atoms with Gasteiger partial charge in [-0.1, -0.05) is 12.1 Å². The van der Waals surface area contributed by atoms with Crippen molar-refractivity contribution in [1.82, 2.24) is 19.3 Å². The average molecular weight is 543 g/mol. The van der Waals surface area contributed by atoms with Gasteiger partial charge in [-0.15, -0.1) is 0 Å². The number of carboxylic acids is 1. The first-order valence-corrected chi connectivity index (χ1v) is 9.57. The second-order valence-electron chi connectivity index (χ2n) is 6.91. The topological polar surface area (TPSA) is 116 Å². The smallest absolute Gasteiger partial charge is 0.475 e. The van der Waals surface area contributed by atoms with E-state index < -0.39 is 60.3 Å². The van der Waals surface area contributed by atoms with Crippen LogP contribution in [-0.4, -0.2) is 43.1 Å². The fourth-order valence-electron chi connectivity index (χ4n) is 2.61. The third-order valence-corrected chi connectivity index (χ3v) is 4.42. The lowest BCUT2D eigenvalue weighted by molar-refractivity contribution is -0.192. The summed E-state index contributed by atoms with van der Waals surface area (Å²) in [5.74, 6) is -3.63. The molecule has 0 aliphatic heterocycles. The highest BCUT2D eigenvalue weighted by Gasteiger charge is 2.38. The molecule has 0 atom stereocenters. The van der Waals surface area contributed by atoms with Crippen LogP contribution in [0.1, 0.15) is 5.69 Å². The van der Waals surface area contributed by atoms with Crippen LogP contribution in [0.2, 0.25) is 0 Å². The average Bonchev–Trinajstić information content (AvgIpc) is 3.16. The standard InChI is InChI=1S/C18H13F6N5O.C2HF3O2/c19-13-5-10(11-2-4-15(26-7-11)18(22,23)24)1-3-14(13)28-9-27-29(17(28)30)8-12(6-25)16(20)21;3-2(4,5)1(6)7/h1-5,7,9H,6,8,25H2;(H,6,7). The van der Waals surface area contributed by atoms with E-state index in [1.54, 1.807) is 0 Å². The van der Waals surface area contributed by atoms with E-state index in [-0.39, 0.29) is 16.8 Å². The number of benzene rings is 1. The summed E-state index contributed by atoms with van der Waals surface area (Å²) in [5, 5.41) is 10.8. The maximum absolute atomic E-state index is 14.6. The Morgan fingerprint density at radius 2 is 1.62 bits per heavy atom. The van der Waals surface area contributed by atoms with Crippen LogP contribution in [0.25, 0.3) is 16.8 Å². The van der Waals surface area contributed by atoms with Crippen LogP contribution < -0.4 is 11.4 Å². The maximum Gasteiger partial charge on any atom is 0.490 e. The van der Waals surface area contributed by atoms with Crippen LogP contribution in [-0.2, 0) is 17.5 Å². The van der Waals surface area contributed by atoms with Crippen LogP contribution in [0.4, 0.5) is 39.5 Å². The molecule has 3 aromatic rings. The minimum atomic E-state index is -5.08. The maximum atomic E-state index is 14.6. The highest BCUT2D eigenvalue weighted by Crippen LogP contribution is 2.29. The monoisotopic (exact) mass is 543 g/mol. The van der Waals surface area contributed by atoms with Crippen molar-refractivity contribution >= 4 is 5.97 Å². The number of hydrogen-bond acceptors (Lipinski definition) is 5. The van der Waals surface area contributed by atoms with Gasteiger partial charge >= 0.3 is 24.0 Å². The molecule has 0 spiro atoms. The molecular formula is C20H14F9N5O3. The number of halogens is 9. The van der Waals surface area contributed by atoms with Gasteiger partial charge in [0.25, 0.3) is 6.08 Å². The van der Waals surface area contributed by atoms with Gasteiger partial charge in [-0.05, 0) is 23.8 Å². The molecule has 0 saturated carbocycles. The number of rotatable bonds is 5. The highest BCUT2D eigenvalue weighted by molar-refractivity contribution is 5.73. The largest absolute Gasteiger partial charge is 0.490 e. The van der Waals surface area contributed by atoms with E-state index in [0.717, 1.165) is 35.3 Å². The SMILES string of the molecule is NCC(Cn1ncn(-c2ccc(-c3ccc(C(F)(F)F)nc3)cc2F)c1=O)=C(F)F.O=C(O)C(F)(F)F. The first-order chi connectivity index (χ1) is 17.1. The lowest BCUT2D eigenvalue weighted by atomic mass is 10.1. The molecular weight excluding hydrogens is 529 g/mol. The molecule has 0 fully saturated rings. The number of pyridine rings is 1. The fraction of sp³-hybridized carbons (Fsp3) is 0.200. The van der Waals surface area contributed by atoms with E-state index in [9.17, 15) is 44.3 Å². The molecule has 0 aliphatic carbocycles. The van der Waals surface area contributed by atoms with Gasteiger partial charge in [0.15, 0.2) is 0 Å². The molecule has 0 radical (unpaired) electrons. The molecule has 3 rings (SSSR count). The zero-order valence-electron chi connectivity index (χ0n) is 18.0. The molecule has 0 amide bonds. The van der Waals surface area contributed by atoms with E-state index in [2.05, 4.69) is 10.1 Å². The number of alkyl halides is 6. The first-order valence-electron chi connectivity index (χ1n) is 9.57. The van der Waals surface area contributed by atoms with Crippen molar-refractivity contribution in [3.05, 3.63) is 76.5 Å². The second kappa shape index (κ2) is 11.3. The van der Waals surface area contributed by atoms with Gasteiger partial charge in [-0.3, -0.25) is 4.98 Å². The molecule has 0 aliphatic rings. The summed E-state index contributed by atoms with van der Waals surface area (Å²) in [6, 6.07) is 5.50. The van der Waals surface area contributed by atoms with Crippen molar-refractivity contribution in [2.24, 2.45) is 5.73 Å². The minimum Gasteiger partial charge on any atom is -0.475 e. The lowest BCUT2D eigenvalue weighted by Crippen LogP contribution is -2.26. The van der Waals surface area contributed by atoms with Crippen LogP contribution >= 0.6 is 0 Å². The number of aromatic nitrogens is 4. The van der Waals surface area contributed by atoms with Crippen LogP contribution in [0.3, 0.4) is 0 Å².